The molecule has 0 bridgehead atoms. The molecular formula is C22H33N3O2. The number of ether oxygens (including phenoxy) is 2. The number of nitrogens with zero attached hydrogens (tertiary/aromatic N) is 3. The summed E-state index contributed by atoms with van der Waals surface area (Å²) < 4.78 is 11.5. The number of rotatable bonds is 9. The number of morpholine rings is 1. The zero-order valence-electron chi connectivity index (χ0n) is 17.2. The van der Waals surface area contributed by atoms with Gasteiger partial charge in [0, 0.05) is 13.1 Å². The Morgan fingerprint density at radius 2 is 1.93 bits per heavy atom. The maximum Gasteiger partial charge on any atom is 0.188 e. The fraction of sp³-hybridized carbons (Fsp3) is 0.591. The first-order chi connectivity index (χ1) is 13.0. The van der Waals surface area contributed by atoms with Crippen molar-refractivity contribution in [1.29, 1.82) is 5.26 Å². The molecule has 0 aromatic heterocycles. The Morgan fingerprint density at radius 1 is 1.26 bits per heavy atom. The maximum atomic E-state index is 10.2. The van der Waals surface area contributed by atoms with Crippen LogP contribution in [0.1, 0.15) is 32.3 Å². The first kappa shape index (κ1) is 21.3. The highest BCUT2D eigenvalue weighted by atomic mass is 16.5. The molecule has 5 nitrogen and oxygen atoms in total. The molecule has 148 valence electrons. The second kappa shape index (κ2) is 10.3. The Kier molecular flexibility index (Phi) is 8.15. The van der Waals surface area contributed by atoms with E-state index in [0.717, 1.165) is 43.1 Å². The lowest BCUT2D eigenvalue weighted by Gasteiger charge is -2.34. The van der Waals surface area contributed by atoms with Gasteiger partial charge in [-0.2, -0.15) is 5.26 Å². The first-order valence-corrected chi connectivity index (χ1v) is 9.79. The van der Waals surface area contributed by atoms with Gasteiger partial charge in [0.05, 0.1) is 31.3 Å². The summed E-state index contributed by atoms with van der Waals surface area (Å²) in [5.74, 6) is 0.918. The van der Waals surface area contributed by atoms with Gasteiger partial charge in [0.2, 0.25) is 0 Å². The number of nitriles is 1. The Labute approximate surface area is 164 Å². The van der Waals surface area contributed by atoms with E-state index in [1.165, 1.54) is 0 Å². The van der Waals surface area contributed by atoms with Crippen molar-refractivity contribution in [1.82, 2.24) is 9.80 Å². The quantitative estimate of drug-likeness (QED) is 0.623. The third kappa shape index (κ3) is 5.72. The van der Waals surface area contributed by atoms with Crippen molar-refractivity contribution in [3.63, 3.8) is 0 Å². The van der Waals surface area contributed by atoms with Crippen LogP contribution in [-0.4, -0.2) is 63.4 Å². The van der Waals surface area contributed by atoms with Gasteiger partial charge in [-0.1, -0.05) is 30.3 Å². The zero-order chi connectivity index (χ0) is 19.7. The summed E-state index contributed by atoms with van der Waals surface area (Å²) >= 11 is 0. The van der Waals surface area contributed by atoms with Gasteiger partial charge in [0.25, 0.3) is 0 Å². The molecule has 5 heteroatoms. The zero-order valence-corrected chi connectivity index (χ0v) is 17.2. The van der Waals surface area contributed by atoms with E-state index in [9.17, 15) is 5.26 Å². The van der Waals surface area contributed by atoms with Crippen LogP contribution < -0.4 is 0 Å². The smallest absolute Gasteiger partial charge is 0.188 e. The third-order valence-corrected chi connectivity index (χ3v) is 5.04. The van der Waals surface area contributed by atoms with Crippen molar-refractivity contribution < 1.29 is 9.47 Å². The Balaban J connectivity index is 2.37. The predicted octanol–water partition coefficient (Wildman–Crippen LogP) is 3.39. The van der Waals surface area contributed by atoms with Crippen molar-refractivity contribution in [2.45, 2.75) is 32.1 Å². The molecule has 1 aromatic rings. The van der Waals surface area contributed by atoms with E-state index < -0.39 is 5.41 Å². The molecule has 1 unspecified atom stereocenters. The molecule has 1 heterocycles. The summed E-state index contributed by atoms with van der Waals surface area (Å²) in [7, 11) is 4.10. The molecular weight excluding hydrogens is 338 g/mol. The minimum absolute atomic E-state index is 0.565. The van der Waals surface area contributed by atoms with Gasteiger partial charge in [-0.05, 0) is 58.5 Å². The second-order valence-corrected chi connectivity index (χ2v) is 7.41. The van der Waals surface area contributed by atoms with Crippen LogP contribution in [0.25, 0.3) is 0 Å². The van der Waals surface area contributed by atoms with Gasteiger partial charge in [-0.3, -0.25) is 0 Å². The number of hydrogen-bond donors (Lipinski definition) is 0. The molecule has 1 aliphatic rings. The fourth-order valence-corrected chi connectivity index (χ4v) is 3.58. The standard InChI is InChI=1S/C22H33N3O2/c1-5-27-21(25-13-15-26-16-14-25)19(2)17-22(18-23,11-12-24(3)4)20-9-7-6-8-10-20/h6-10H,5,11-17H2,1-4H3. The molecule has 1 aliphatic heterocycles. The van der Waals surface area contributed by atoms with Crippen LogP contribution in [0.5, 0.6) is 0 Å². The van der Waals surface area contributed by atoms with E-state index >= 15 is 0 Å². The molecule has 27 heavy (non-hydrogen) atoms. The summed E-state index contributed by atoms with van der Waals surface area (Å²) in [5.41, 5.74) is 1.64. The van der Waals surface area contributed by atoms with Crippen molar-refractivity contribution in [2.75, 3.05) is 53.6 Å². The summed E-state index contributed by atoms with van der Waals surface area (Å²) in [5, 5.41) is 10.2. The lowest BCUT2D eigenvalue weighted by Crippen LogP contribution is -2.38. The average Bonchev–Trinajstić information content (AvgIpc) is 2.70. The van der Waals surface area contributed by atoms with Crippen molar-refractivity contribution in [3.05, 3.63) is 47.4 Å². The highest BCUT2D eigenvalue weighted by Crippen LogP contribution is 2.36. The minimum Gasteiger partial charge on any atom is -0.479 e. The second-order valence-electron chi connectivity index (χ2n) is 7.41. The predicted molar refractivity (Wildman–Crippen MR) is 108 cm³/mol. The lowest BCUT2D eigenvalue weighted by atomic mass is 9.74. The van der Waals surface area contributed by atoms with Gasteiger partial charge in [-0.25, -0.2) is 0 Å². The summed E-state index contributed by atoms with van der Waals surface area (Å²) in [6, 6.07) is 12.8. The largest absolute Gasteiger partial charge is 0.479 e. The van der Waals surface area contributed by atoms with Crippen LogP contribution in [0.3, 0.4) is 0 Å². The highest BCUT2D eigenvalue weighted by molar-refractivity contribution is 5.35. The number of benzene rings is 1. The average molecular weight is 372 g/mol. The van der Waals surface area contributed by atoms with E-state index in [4.69, 9.17) is 9.47 Å². The summed E-state index contributed by atoms with van der Waals surface area (Å²) in [4.78, 5) is 4.39. The van der Waals surface area contributed by atoms with Crippen LogP contribution in [0.2, 0.25) is 0 Å². The monoisotopic (exact) mass is 371 g/mol. The van der Waals surface area contributed by atoms with E-state index in [2.05, 4.69) is 49.0 Å². The van der Waals surface area contributed by atoms with Gasteiger partial charge < -0.3 is 19.3 Å². The number of allylic oxidation sites excluding steroid dienone is 1. The first-order valence-electron chi connectivity index (χ1n) is 9.79. The minimum atomic E-state index is -0.565. The van der Waals surface area contributed by atoms with Crippen molar-refractivity contribution >= 4 is 0 Å². The SMILES string of the molecule is CCOC(=C(C)CC(C#N)(CCN(C)C)c1ccccc1)N1CCOCC1. The summed E-state index contributed by atoms with van der Waals surface area (Å²) in [6.07, 6.45) is 1.44. The van der Waals surface area contributed by atoms with Crippen molar-refractivity contribution in [3.8, 4) is 6.07 Å². The number of hydrogen-bond acceptors (Lipinski definition) is 5. The molecule has 0 radical (unpaired) electrons. The molecule has 0 N–H and O–H groups in total. The van der Waals surface area contributed by atoms with Crippen LogP contribution in [0.15, 0.2) is 41.8 Å². The molecule has 1 aromatic carbocycles. The van der Waals surface area contributed by atoms with Crippen molar-refractivity contribution in [2.24, 2.45) is 0 Å². The van der Waals surface area contributed by atoms with Crippen LogP contribution >= 0.6 is 0 Å². The molecule has 2 rings (SSSR count). The topological polar surface area (TPSA) is 48.7 Å². The van der Waals surface area contributed by atoms with Crippen LogP contribution in [0, 0.1) is 11.3 Å². The molecule has 0 amide bonds. The van der Waals surface area contributed by atoms with Crippen LogP contribution in [-0.2, 0) is 14.9 Å². The van der Waals surface area contributed by atoms with E-state index in [0.29, 0.717) is 26.2 Å². The fourth-order valence-electron chi connectivity index (χ4n) is 3.58. The van der Waals surface area contributed by atoms with E-state index in [-0.39, 0.29) is 0 Å². The van der Waals surface area contributed by atoms with Gasteiger partial charge in [-0.15, -0.1) is 0 Å². The van der Waals surface area contributed by atoms with Crippen LogP contribution in [0.4, 0.5) is 0 Å². The van der Waals surface area contributed by atoms with Gasteiger partial charge in [0.15, 0.2) is 5.88 Å². The maximum absolute atomic E-state index is 10.2. The Bertz CT molecular complexity index is 645. The molecule has 1 saturated heterocycles. The highest BCUT2D eigenvalue weighted by Gasteiger charge is 2.34. The normalized spacial score (nSPS) is 17.9. The third-order valence-electron chi connectivity index (χ3n) is 5.04. The van der Waals surface area contributed by atoms with E-state index in [1.807, 2.05) is 25.1 Å². The summed E-state index contributed by atoms with van der Waals surface area (Å²) in [6.45, 7) is 8.67. The molecule has 1 fully saturated rings. The molecule has 0 spiro atoms. The lowest BCUT2D eigenvalue weighted by molar-refractivity contribution is 0.0143. The van der Waals surface area contributed by atoms with E-state index in [1.54, 1.807) is 0 Å². The molecule has 0 aliphatic carbocycles. The van der Waals surface area contributed by atoms with Gasteiger partial charge >= 0.3 is 0 Å². The van der Waals surface area contributed by atoms with Gasteiger partial charge in [0.1, 0.15) is 0 Å². The molecule has 1 atom stereocenters. The molecule has 0 saturated carbocycles. The Hall–Kier alpha value is -2.03. The Morgan fingerprint density at radius 3 is 2.48 bits per heavy atom.